The Morgan fingerprint density at radius 2 is 2.16 bits per heavy atom. The van der Waals surface area contributed by atoms with Gasteiger partial charge in [-0.25, -0.2) is 8.78 Å². The molecule has 4 unspecified atom stereocenters. The van der Waals surface area contributed by atoms with Gasteiger partial charge in [0.2, 0.25) is 0 Å². The highest BCUT2D eigenvalue weighted by Gasteiger charge is 2.39. The zero-order valence-electron chi connectivity index (χ0n) is 10.8. The number of hydrogen-bond acceptors (Lipinski definition) is 2. The van der Waals surface area contributed by atoms with Crippen molar-refractivity contribution < 1.29 is 13.9 Å². The lowest BCUT2D eigenvalue weighted by atomic mass is 9.89. The number of aliphatic hydroxyl groups excluding tert-OH is 1. The summed E-state index contributed by atoms with van der Waals surface area (Å²) in [5.74, 6) is 0.0604. The number of rotatable bonds is 3. The molecule has 3 rings (SSSR count). The summed E-state index contributed by atoms with van der Waals surface area (Å²) in [7, 11) is 0. The summed E-state index contributed by atoms with van der Waals surface area (Å²) in [6.45, 7) is 1.01. The summed E-state index contributed by atoms with van der Waals surface area (Å²) >= 11 is 0. The van der Waals surface area contributed by atoms with E-state index in [1.807, 2.05) is 0 Å². The third-order valence-electron chi connectivity index (χ3n) is 4.68. The van der Waals surface area contributed by atoms with Crippen LogP contribution in [0.1, 0.15) is 37.4 Å². The third kappa shape index (κ3) is 2.51. The summed E-state index contributed by atoms with van der Waals surface area (Å²) < 4.78 is 26.5. The van der Waals surface area contributed by atoms with E-state index < -0.39 is 17.7 Å². The van der Waals surface area contributed by atoms with Crippen molar-refractivity contribution in [3.63, 3.8) is 0 Å². The van der Waals surface area contributed by atoms with Crippen LogP contribution >= 0.6 is 0 Å². The van der Waals surface area contributed by atoms with Gasteiger partial charge in [-0.05, 0) is 43.7 Å². The molecule has 1 aromatic carbocycles. The van der Waals surface area contributed by atoms with Gasteiger partial charge in [-0.2, -0.15) is 0 Å². The van der Waals surface area contributed by atoms with Crippen molar-refractivity contribution in [2.24, 2.45) is 11.8 Å². The summed E-state index contributed by atoms with van der Waals surface area (Å²) in [5, 5.41) is 13.6. The molecule has 4 heteroatoms. The van der Waals surface area contributed by atoms with Crippen LogP contribution in [0.15, 0.2) is 18.2 Å². The quantitative estimate of drug-likeness (QED) is 0.882. The maximum Gasteiger partial charge on any atom is 0.131 e. The Bertz CT molecular complexity index is 465. The van der Waals surface area contributed by atoms with E-state index >= 15 is 0 Å². The topological polar surface area (TPSA) is 32.3 Å². The zero-order chi connectivity index (χ0) is 13.4. The van der Waals surface area contributed by atoms with Gasteiger partial charge in [0, 0.05) is 17.7 Å². The number of halogens is 2. The second-order valence-corrected chi connectivity index (χ2v) is 5.79. The number of aliphatic hydroxyl groups is 1. The Morgan fingerprint density at radius 1 is 1.32 bits per heavy atom. The van der Waals surface area contributed by atoms with E-state index in [4.69, 9.17) is 0 Å². The standard InChI is InChI=1S/C15H19F2NO/c16-10-4-5-12(13(17)6-10)15(19)7-14-11-3-1-2-9(11)8-18-14/h4-6,9,11,14-15,18-19H,1-3,7-8H2. The minimum absolute atomic E-state index is 0.199. The van der Waals surface area contributed by atoms with Gasteiger partial charge in [0.25, 0.3) is 0 Å². The Kier molecular flexibility index (Phi) is 3.54. The second kappa shape index (κ2) is 5.17. The minimum atomic E-state index is -0.863. The van der Waals surface area contributed by atoms with Crippen molar-refractivity contribution in [2.75, 3.05) is 6.54 Å². The van der Waals surface area contributed by atoms with Crippen molar-refractivity contribution in [1.82, 2.24) is 5.32 Å². The van der Waals surface area contributed by atoms with Gasteiger partial charge in [0.1, 0.15) is 11.6 Å². The molecule has 104 valence electrons. The molecule has 0 amide bonds. The van der Waals surface area contributed by atoms with Crippen LogP contribution in [0.4, 0.5) is 8.78 Å². The smallest absolute Gasteiger partial charge is 0.131 e. The first kappa shape index (κ1) is 13.0. The van der Waals surface area contributed by atoms with Gasteiger partial charge in [0.05, 0.1) is 6.10 Å². The molecule has 0 spiro atoms. The zero-order valence-corrected chi connectivity index (χ0v) is 10.8. The van der Waals surface area contributed by atoms with E-state index in [-0.39, 0.29) is 11.6 Å². The molecule has 2 aliphatic rings. The van der Waals surface area contributed by atoms with E-state index in [2.05, 4.69) is 5.32 Å². The normalized spacial score (nSPS) is 31.4. The number of benzene rings is 1. The highest BCUT2D eigenvalue weighted by molar-refractivity contribution is 5.21. The van der Waals surface area contributed by atoms with E-state index in [1.54, 1.807) is 0 Å². The second-order valence-electron chi connectivity index (χ2n) is 5.79. The SMILES string of the molecule is OC(CC1NCC2CCCC21)c1ccc(F)cc1F. The Labute approximate surface area is 111 Å². The molecule has 1 aliphatic heterocycles. The van der Waals surface area contributed by atoms with E-state index in [1.165, 1.54) is 31.4 Å². The first-order chi connectivity index (χ1) is 9.15. The molecule has 1 aliphatic carbocycles. The number of hydrogen-bond donors (Lipinski definition) is 2. The number of nitrogens with one attached hydrogen (secondary N) is 1. The predicted molar refractivity (Wildman–Crippen MR) is 68.6 cm³/mol. The third-order valence-corrected chi connectivity index (χ3v) is 4.68. The molecule has 2 fully saturated rings. The molecular weight excluding hydrogens is 248 g/mol. The van der Waals surface area contributed by atoms with Crippen molar-refractivity contribution in [3.05, 3.63) is 35.4 Å². The lowest BCUT2D eigenvalue weighted by molar-refractivity contribution is 0.141. The summed E-state index contributed by atoms with van der Waals surface area (Å²) in [4.78, 5) is 0. The van der Waals surface area contributed by atoms with E-state index in [0.717, 1.165) is 18.5 Å². The summed E-state index contributed by atoms with van der Waals surface area (Å²) in [6, 6.07) is 3.63. The van der Waals surface area contributed by atoms with Gasteiger partial charge in [-0.15, -0.1) is 0 Å². The molecule has 1 heterocycles. The first-order valence-corrected chi connectivity index (χ1v) is 7.01. The van der Waals surface area contributed by atoms with Crippen LogP contribution in [0, 0.1) is 23.5 Å². The van der Waals surface area contributed by atoms with Crippen molar-refractivity contribution in [2.45, 2.75) is 37.8 Å². The monoisotopic (exact) mass is 267 g/mol. The molecule has 0 aromatic heterocycles. The largest absolute Gasteiger partial charge is 0.388 e. The molecule has 1 aromatic rings. The van der Waals surface area contributed by atoms with Gasteiger partial charge in [0.15, 0.2) is 0 Å². The molecule has 19 heavy (non-hydrogen) atoms. The first-order valence-electron chi connectivity index (χ1n) is 7.01. The fourth-order valence-corrected chi connectivity index (χ4v) is 3.70. The van der Waals surface area contributed by atoms with Crippen molar-refractivity contribution in [1.29, 1.82) is 0 Å². The molecule has 2 nitrogen and oxygen atoms in total. The Balaban J connectivity index is 1.69. The average Bonchev–Trinajstić information content (AvgIpc) is 2.94. The maximum atomic E-state index is 13.6. The molecule has 1 saturated carbocycles. The number of fused-ring (bicyclic) bond motifs is 1. The van der Waals surface area contributed by atoms with Gasteiger partial charge >= 0.3 is 0 Å². The van der Waals surface area contributed by atoms with Crippen molar-refractivity contribution in [3.8, 4) is 0 Å². The Morgan fingerprint density at radius 3 is 2.95 bits per heavy atom. The van der Waals surface area contributed by atoms with Gasteiger partial charge in [-0.3, -0.25) is 0 Å². The summed E-state index contributed by atoms with van der Waals surface area (Å²) in [5.41, 5.74) is 0.199. The average molecular weight is 267 g/mol. The van der Waals surface area contributed by atoms with Crippen LogP contribution in [0.25, 0.3) is 0 Å². The highest BCUT2D eigenvalue weighted by atomic mass is 19.1. The van der Waals surface area contributed by atoms with Gasteiger partial charge < -0.3 is 10.4 Å². The summed E-state index contributed by atoms with van der Waals surface area (Å²) in [6.07, 6.45) is 3.35. The van der Waals surface area contributed by atoms with Crippen LogP contribution in [0.5, 0.6) is 0 Å². The fraction of sp³-hybridized carbons (Fsp3) is 0.600. The predicted octanol–water partition coefficient (Wildman–Crippen LogP) is 2.78. The van der Waals surface area contributed by atoms with Crippen LogP contribution in [-0.2, 0) is 0 Å². The lowest BCUT2D eigenvalue weighted by Gasteiger charge is -2.22. The van der Waals surface area contributed by atoms with E-state index in [0.29, 0.717) is 12.3 Å². The fourth-order valence-electron chi connectivity index (χ4n) is 3.70. The minimum Gasteiger partial charge on any atom is -0.388 e. The molecular formula is C15H19F2NO. The molecule has 1 saturated heterocycles. The van der Waals surface area contributed by atoms with Crippen LogP contribution < -0.4 is 5.32 Å². The van der Waals surface area contributed by atoms with Gasteiger partial charge in [-0.1, -0.05) is 12.5 Å². The highest BCUT2D eigenvalue weighted by Crippen LogP contribution is 2.40. The molecule has 0 bridgehead atoms. The van der Waals surface area contributed by atoms with Crippen LogP contribution in [0.3, 0.4) is 0 Å². The lowest BCUT2D eigenvalue weighted by Crippen LogP contribution is -2.29. The maximum absolute atomic E-state index is 13.6. The molecule has 0 radical (unpaired) electrons. The van der Waals surface area contributed by atoms with Crippen molar-refractivity contribution >= 4 is 0 Å². The van der Waals surface area contributed by atoms with Crippen LogP contribution in [0.2, 0.25) is 0 Å². The van der Waals surface area contributed by atoms with Crippen LogP contribution in [-0.4, -0.2) is 17.7 Å². The van der Waals surface area contributed by atoms with E-state index in [9.17, 15) is 13.9 Å². The Hall–Kier alpha value is -1.00. The molecule has 2 N–H and O–H groups in total. The molecule has 4 atom stereocenters.